The molecule has 2 aliphatic rings. The van der Waals surface area contributed by atoms with Crippen LogP contribution in [-0.4, -0.2) is 35.8 Å². The molecule has 0 aliphatic carbocycles. The Bertz CT molecular complexity index is 865. The molecule has 2 aromatic carbocycles. The third-order valence-electron chi connectivity index (χ3n) is 5.59. The fourth-order valence-electron chi connectivity index (χ4n) is 4.24. The molecule has 0 radical (unpaired) electrons. The smallest absolute Gasteiger partial charge is 0.253 e. The number of hydrogen-bond acceptors (Lipinski definition) is 2. The van der Waals surface area contributed by atoms with Crippen LogP contribution >= 0.6 is 11.6 Å². The lowest BCUT2D eigenvalue weighted by Crippen LogP contribution is -2.48. The van der Waals surface area contributed by atoms with Crippen molar-refractivity contribution in [2.24, 2.45) is 5.92 Å². The number of carbonyl (C=O) groups is 2. The summed E-state index contributed by atoms with van der Waals surface area (Å²) < 4.78 is 0. The molecule has 2 aromatic rings. The van der Waals surface area contributed by atoms with Crippen LogP contribution in [0.4, 0.5) is 5.69 Å². The first-order valence-electron chi connectivity index (χ1n) is 9.50. The van der Waals surface area contributed by atoms with Gasteiger partial charge in [0.1, 0.15) is 0 Å². The normalized spacial score (nSPS) is 21.9. The van der Waals surface area contributed by atoms with E-state index >= 15 is 0 Å². The van der Waals surface area contributed by atoms with Gasteiger partial charge in [0.15, 0.2) is 0 Å². The van der Waals surface area contributed by atoms with E-state index in [-0.39, 0.29) is 23.8 Å². The van der Waals surface area contributed by atoms with Crippen molar-refractivity contribution >= 4 is 29.1 Å². The lowest BCUT2D eigenvalue weighted by atomic mass is 9.95. The second-order valence-corrected chi connectivity index (χ2v) is 7.92. The summed E-state index contributed by atoms with van der Waals surface area (Å²) in [7, 11) is 0. The van der Waals surface area contributed by atoms with Crippen molar-refractivity contribution in [2.75, 3.05) is 18.0 Å². The van der Waals surface area contributed by atoms with Gasteiger partial charge in [0.25, 0.3) is 5.91 Å². The summed E-state index contributed by atoms with van der Waals surface area (Å²) >= 11 is 5.92. The Morgan fingerprint density at radius 2 is 1.81 bits per heavy atom. The van der Waals surface area contributed by atoms with Gasteiger partial charge in [0.05, 0.1) is 5.92 Å². The molecule has 1 fully saturated rings. The van der Waals surface area contributed by atoms with E-state index in [0.717, 1.165) is 24.9 Å². The number of para-hydroxylation sites is 1. The highest BCUT2D eigenvalue weighted by Crippen LogP contribution is 2.34. The van der Waals surface area contributed by atoms with Crippen molar-refractivity contribution in [3.05, 3.63) is 64.7 Å². The van der Waals surface area contributed by atoms with Crippen LogP contribution in [0.1, 0.15) is 35.7 Å². The minimum Gasteiger partial charge on any atom is -0.338 e. The Hall–Kier alpha value is -2.33. The van der Waals surface area contributed by atoms with Crippen molar-refractivity contribution in [3.8, 4) is 0 Å². The van der Waals surface area contributed by atoms with E-state index in [1.807, 2.05) is 28.0 Å². The van der Waals surface area contributed by atoms with E-state index < -0.39 is 0 Å². The molecular weight excluding hydrogens is 360 g/mol. The Balaban J connectivity index is 1.50. The Kier molecular flexibility index (Phi) is 4.92. The summed E-state index contributed by atoms with van der Waals surface area (Å²) in [6.07, 6.45) is 2.57. The molecule has 5 heteroatoms. The first-order valence-corrected chi connectivity index (χ1v) is 9.88. The maximum atomic E-state index is 13.3. The molecule has 0 N–H and O–H groups in total. The number of benzene rings is 2. The van der Waals surface area contributed by atoms with Crippen LogP contribution in [0.25, 0.3) is 0 Å². The minimum atomic E-state index is -0.149. The summed E-state index contributed by atoms with van der Waals surface area (Å²) in [6.45, 7) is 3.26. The Morgan fingerprint density at radius 3 is 2.59 bits per heavy atom. The average Bonchev–Trinajstić information content (AvgIpc) is 3.03. The van der Waals surface area contributed by atoms with Crippen LogP contribution < -0.4 is 4.90 Å². The van der Waals surface area contributed by atoms with E-state index in [2.05, 4.69) is 13.0 Å². The zero-order valence-corrected chi connectivity index (χ0v) is 16.2. The number of carbonyl (C=O) groups excluding carboxylic acids is 2. The van der Waals surface area contributed by atoms with Crippen molar-refractivity contribution in [1.29, 1.82) is 0 Å². The molecule has 4 rings (SSSR count). The average molecular weight is 383 g/mol. The zero-order valence-electron chi connectivity index (χ0n) is 15.4. The van der Waals surface area contributed by atoms with Crippen molar-refractivity contribution < 1.29 is 9.59 Å². The molecule has 4 nitrogen and oxygen atoms in total. The third-order valence-corrected chi connectivity index (χ3v) is 5.85. The molecule has 140 valence electrons. The van der Waals surface area contributed by atoms with Crippen molar-refractivity contribution in [2.45, 2.75) is 32.2 Å². The van der Waals surface area contributed by atoms with Crippen LogP contribution in [0, 0.1) is 5.92 Å². The van der Waals surface area contributed by atoms with Gasteiger partial charge in [-0.15, -0.1) is 0 Å². The van der Waals surface area contributed by atoms with Gasteiger partial charge < -0.3 is 9.80 Å². The van der Waals surface area contributed by atoms with Crippen LogP contribution in [0.15, 0.2) is 48.5 Å². The largest absolute Gasteiger partial charge is 0.338 e. The van der Waals surface area contributed by atoms with Gasteiger partial charge in [0.2, 0.25) is 5.91 Å². The van der Waals surface area contributed by atoms with E-state index in [4.69, 9.17) is 11.6 Å². The number of amides is 2. The molecule has 1 saturated heterocycles. The summed E-state index contributed by atoms with van der Waals surface area (Å²) in [5.74, 6) is -0.0382. The van der Waals surface area contributed by atoms with Gasteiger partial charge >= 0.3 is 0 Å². The molecule has 0 saturated carbocycles. The first-order chi connectivity index (χ1) is 13.0. The number of nitrogens with zero attached hydrogens (tertiary/aromatic N) is 2. The standard InChI is InChI=1S/C22H23ClN2O2/c1-15-13-17-5-2-3-7-20(17)25(15)22(27)18-6-4-12-24(14-18)21(26)16-8-10-19(23)11-9-16/h2-3,5,7-11,15,18H,4,6,12-14H2,1H3/t15-,18-/m1/s1. The summed E-state index contributed by atoms with van der Waals surface area (Å²) in [4.78, 5) is 29.9. The number of anilines is 1. The lowest BCUT2D eigenvalue weighted by Gasteiger charge is -2.35. The number of hydrogen-bond donors (Lipinski definition) is 0. The van der Waals surface area contributed by atoms with E-state index in [9.17, 15) is 9.59 Å². The number of rotatable bonds is 2. The highest BCUT2D eigenvalue weighted by atomic mass is 35.5. The molecule has 2 aliphatic heterocycles. The molecule has 27 heavy (non-hydrogen) atoms. The summed E-state index contributed by atoms with van der Waals surface area (Å²) in [6, 6.07) is 15.2. The molecule has 2 heterocycles. The van der Waals surface area contributed by atoms with Gasteiger partial charge in [-0.2, -0.15) is 0 Å². The van der Waals surface area contributed by atoms with Crippen LogP contribution in [0.2, 0.25) is 5.02 Å². The maximum absolute atomic E-state index is 13.3. The van der Waals surface area contributed by atoms with Crippen molar-refractivity contribution in [3.63, 3.8) is 0 Å². The van der Waals surface area contributed by atoms with Crippen LogP contribution in [-0.2, 0) is 11.2 Å². The van der Waals surface area contributed by atoms with Gasteiger partial charge in [-0.3, -0.25) is 9.59 Å². The van der Waals surface area contributed by atoms with Crippen molar-refractivity contribution in [1.82, 2.24) is 4.90 Å². The second-order valence-electron chi connectivity index (χ2n) is 7.49. The molecule has 2 amide bonds. The molecule has 2 atom stereocenters. The third kappa shape index (κ3) is 3.46. The van der Waals surface area contributed by atoms with Gasteiger partial charge in [-0.05, 0) is 62.1 Å². The monoisotopic (exact) mass is 382 g/mol. The lowest BCUT2D eigenvalue weighted by molar-refractivity contribution is -0.124. The fraction of sp³-hybridized carbons (Fsp3) is 0.364. The van der Waals surface area contributed by atoms with Gasteiger partial charge in [-0.25, -0.2) is 0 Å². The molecule has 0 spiro atoms. The fourth-order valence-corrected chi connectivity index (χ4v) is 4.36. The topological polar surface area (TPSA) is 40.6 Å². The number of fused-ring (bicyclic) bond motifs is 1. The summed E-state index contributed by atoms with van der Waals surface area (Å²) in [5.41, 5.74) is 2.87. The van der Waals surface area contributed by atoms with E-state index in [1.54, 1.807) is 24.3 Å². The number of likely N-dealkylation sites (tertiary alicyclic amines) is 1. The summed E-state index contributed by atoms with van der Waals surface area (Å²) in [5, 5.41) is 0.611. The Morgan fingerprint density at radius 1 is 1.07 bits per heavy atom. The number of halogens is 1. The molecule has 0 unspecified atom stereocenters. The quantitative estimate of drug-likeness (QED) is 0.782. The minimum absolute atomic E-state index is 0.0287. The van der Waals surface area contributed by atoms with Gasteiger partial charge in [-0.1, -0.05) is 29.8 Å². The van der Waals surface area contributed by atoms with E-state index in [0.29, 0.717) is 23.7 Å². The highest BCUT2D eigenvalue weighted by Gasteiger charge is 2.37. The first kappa shape index (κ1) is 18.1. The van der Waals surface area contributed by atoms with Gasteiger partial charge in [0, 0.05) is 35.4 Å². The predicted molar refractivity (Wildman–Crippen MR) is 107 cm³/mol. The molecule has 0 aromatic heterocycles. The second kappa shape index (κ2) is 7.35. The SMILES string of the molecule is C[C@@H]1Cc2ccccc2N1C(=O)[C@@H]1CCCN(C(=O)c2ccc(Cl)cc2)C1. The highest BCUT2D eigenvalue weighted by molar-refractivity contribution is 6.30. The number of piperidine rings is 1. The molecule has 0 bridgehead atoms. The van der Waals surface area contributed by atoms with E-state index in [1.165, 1.54) is 5.56 Å². The van der Waals surface area contributed by atoms with Crippen LogP contribution in [0.5, 0.6) is 0 Å². The predicted octanol–water partition coefficient (Wildman–Crippen LogP) is 4.17. The zero-order chi connectivity index (χ0) is 19.0. The Labute approximate surface area is 164 Å². The molecular formula is C22H23ClN2O2. The maximum Gasteiger partial charge on any atom is 0.253 e. The van der Waals surface area contributed by atoms with Crippen LogP contribution in [0.3, 0.4) is 0 Å².